The van der Waals surface area contributed by atoms with Crippen LogP contribution >= 0.6 is 0 Å². The number of hydrogen-bond acceptors (Lipinski definition) is 3. The second-order valence-corrected chi connectivity index (χ2v) is 5.91. The molecule has 1 aliphatic carbocycles. The minimum atomic E-state index is -0.716. The molecular weight excluding hydrogens is 244 g/mol. The molecule has 5 heteroatoms. The second kappa shape index (κ2) is 6.37. The maximum Gasteiger partial charge on any atom is 0.306 e. The summed E-state index contributed by atoms with van der Waals surface area (Å²) < 4.78 is 0. The van der Waals surface area contributed by atoms with Crippen molar-refractivity contribution in [3.8, 4) is 0 Å². The van der Waals surface area contributed by atoms with E-state index >= 15 is 0 Å². The Kier molecular flexibility index (Phi) is 4.80. The molecule has 2 N–H and O–H groups in total. The van der Waals surface area contributed by atoms with Gasteiger partial charge in [0.2, 0.25) is 5.91 Å². The van der Waals surface area contributed by atoms with E-state index in [0.717, 1.165) is 19.5 Å². The highest BCUT2D eigenvalue weighted by molar-refractivity contribution is 5.79. The number of hydrogen-bond donors (Lipinski definition) is 2. The number of carbonyl (C=O) groups is 2. The van der Waals surface area contributed by atoms with Gasteiger partial charge in [-0.3, -0.25) is 9.59 Å². The van der Waals surface area contributed by atoms with Gasteiger partial charge in [0, 0.05) is 18.5 Å². The van der Waals surface area contributed by atoms with Crippen LogP contribution in [-0.2, 0) is 9.59 Å². The van der Waals surface area contributed by atoms with E-state index in [9.17, 15) is 9.59 Å². The van der Waals surface area contributed by atoms with Crippen LogP contribution in [0.5, 0.6) is 0 Å². The van der Waals surface area contributed by atoms with Crippen LogP contribution in [0.3, 0.4) is 0 Å². The zero-order chi connectivity index (χ0) is 13.8. The van der Waals surface area contributed by atoms with E-state index in [1.165, 1.54) is 6.42 Å². The van der Waals surface area contributed by atoms with E-state index in [-0.39, 0.29) is 17.7 Å². The molecule has 2 rings (SSSR count). The number of carbonyl (C=O) groups excluding carboxylic acids is 1. The molecule has 19 heavy (non-hydrogen) atoms. The van der Waals surface area contributed by atoms with Crippen LogP contribution in [0.1, 0.15) is 38.5 Å². The number of nitrogens with one attached hydrogen (secondary N) is 1. The summed E-state index contributed by atoms with van der Waals surface area (Å²) in [7, 11) is 2.10. The van der Waals surface area contributed by atoms with Gasteiger partial charge in [-0.2, -0.15) is 0 Å². The molecule has 1 atom stereocenters. The molecule has 0 radical (unpaired) electrons. The maximum absolute atomic E-state index is 12.1. The molecule has 108 valence electrons. The summed E-state index contributed by atoms with van der Waals surface area (Å²) in [5.41, 5.74) is 0. The third kappa shape index (κ3) is 3.69. The van der Waals surface area contributed by atoms with Crippen LogP contribution in [0.15, 0.2) is 0 Å². The summed E-state index contributed by atoms with van der Waals surface area (Å²) in [6.07, 6.45) is 5.06. The highest BCUT2D eigenvalue weighted by Crippen LogP contribution is 2.29. The van der Waals surface area contributed by atoms with Crippen LogP contribution in [0.25, 0.3) is 0 Å². The molecule has 0 aromatic rings. The summed E-state index contributed by atoms with van der Waals surface area (Å²) in [4.78, 5) is 25.2. The van der Waals surface area contributed by atoms with Crippen molar-refractivity contribution in [3.63, 3.8) is 0 Å². The molecule has 2 aliphatic rings. The van der Waals surface area contributed by atoms with Crippen molar-refractivity contribution in [2.24, 2.45) is 11.8 Å². The standard InChI is InChI=1S/C14H24N2O3/c1-16-8-2-3-12(16)9-15-13(17)10-4-6-11(7-5-10)14(18)19/h10-12H,2-9H2,1H3,(H,15,17)(H,18,19). The van der Waals surface area contributed by atoms with E-state index in [4.69, 9.17) is 5.11 Å². The van der Waals surface area contributed by atoms with Gasteiger partial charge in [-0.25, -0.2) is 0 Å². The summed E-state index contributed by atoms with van der Waals surface area (Å²) in [5, 5.41) is 12.0. The monoisotopic (exact) mass is 268 g/mol. The number of likely N-dealkylation sites (N-methyl/N-ethyl adjacent to an activating group) is 1. The molecule has 1 unspecified atom stereocenters. The third-order valence-electron chi connectivity index (χ3n) is 4.63. The van der Waals surface area contributed by atoms with Crippen molar-refractivity contribution in [2.75, 3.05) is 20.1 Å². The van der Waals surface area contributed by atoms with Gasteiger partial charge >= 0.3 is 5.97 Å². The van der Waals surface area contributed by atoms with E-state index in [0.29, 0.717) is 31.7 Å². The first kappa shape index (κ1) is 14.3. The molecule has 1 saturated carbocycles. The number of aliphatic carboxylic acids is 1. The number of carboxylic acids is 1. The number of rotatable bonds is 4. The van der Waals surface area contributed by atoms with Crippen molar-refractivity contribution in [1.29, 1.82) is 0 Å². The molecule has 2 fully saturated rings. The molecule has 0 spiro atoms. The summed E-state index contributed by atoms with van der Waals surface area (Å²) in [5.74, 6) is -0.831. The number of carboxylic acid groups (broad SMARTS) is 1. The van der Waals surface area contributed by atoms with Crippen LogP contribution < -0.4 is 5.32 Å². The Bertz CT molecular complexity index is 338. The van der Waals surface area contributed by atoms with Crippen molar-refractivity contribution in [1.82, 2.24) is 10.2 Å². The Hall–Kier alpha value is -1.10. The molecule has 1 heterocycles. The van der Waals surface area contributed by atoms with Crippen molar-refractivity contribution >= 4 is 11.9 Å². The Morgan fingerprint density at radius 2 is 1.79 bits per heavy atom. The molecule has 0 bridgehead atoms. The number of amides is 1. The lowest BCUT2D eigenvalue weighted by molar-refractivity contribution is -0.144. The molecule has 0 aromatic carbocycles. The van der Waals surface area contributed by atoms with Crippen LogP contribution in [0.4, 0.5) is 0 Å². The van der Waals surface area contributed by atoms with E-state index in [1.54, 1.807) is 0 Å². The minimum Gasteiger partial charge on any atom is -0.481 e. The van der Waals surface area contributed by atoms with Gasteiger partial charge in [-0.1, -0.05) is 0 Å². The average Bonchev–Trinajstić information content (AvgIpc) is 2.81. The fraction of sp³-hybridized carbons (Fsp3) is 0.857. The molecular formula is C14H24N2O3. The molecule has 5 nitrogen and oxygen atoms in total. The van der Waals surface area contributed by atoms with Gasteiger partial charge < -0.3 is 15.3 Å². The van der Waals surface area contributed by atoms with Crippen LogP contribution in [0, 0.1) is 11.8 Å². The van der Waals surface area contributed by atoms with Gasteiger partial charge in [0.1, 0.15) is 0 Å². The first-order valence-corrected chi connectivity index (χ1v) is 7.28. The van der Waals surface area contributed by atoms with Gasteiger partial charge in [-0.05, 0) is 52.1 Å². The van der Waals surface area contributed by atoms with Gasteiger partial charge in [0.05, 0.1) is 5.92 Å². The first-order valence-electron chi connectivity index (χ1n) is 7.28. The Morgan fingerprint density at radius 1 is 1.16 bits per heavy atom. The average molecular weight is 268 g/mol. The Morgan fingerprint density at radius 3 is 2.32 bits per heavy atom. The number of nitrogens with zero attached hydrogens (tertiary/aromatic N) is 1. The highest BCUT2D eigenvalue weighted by Gasteiger charge is 2.30. The topological polar surface area (TPSA) is 69.6 Å². The van der Waals surface area contributed by atoms with Crippen LogP contribution in [0.2, 0.25) is 0 Å². The normalized spacial score (nSPS) is 32.2. The maximum atomic E-state index is 12.1. The van der Waals surface area contributed by atoms with Crippen molar-refractivity contribution in [3.05, 3.63) is 0 Å². The summed E-state index contributed by atoms with van der Waals surface area (Å²) in [6.45, 7) is 1.85. The Labute approximate surface area is 114 Å². The lowest BCUT2D eigenvalue weighted by Gasteiger charge is -2.26. The number of likely N-dealkylation sites (tertiary alicyclic amines) is 1. The van der Waals surface area contributed by atoms with Gasteiger partial charge in [0.25, 0.3) is 0 Å². The third-order valence-corrected chi connectivity index (χ3v) is 4.63. The smallest absolute Gasteiger partial charge is 0.306 e. The molecule has 1 saturated heterocycles. The first-order chi connectivity index (χ1) is 9.08. The van der Waals surface area contributed by atoms with Gasteiger partial charge in [0.15, 0.2) is 0 Å². The van der Waals surface area contributed by atoms with Crippen molar-refractivity contribution < 1.29 is 14.7 Å². The van der Waals surface area contributed by atoms with E-state index in [1.807, 2.05) is 0 Å². The van der Waals surface area contributed by atoms with Crippen molar-refractivity contribution in [2.45, 2.75) is 44.6 Å². The molecule has 1 aliphatic heterocycles. The predicted octanol–water partition coefficient (Wildman–Crippen LogP) is 1.09. The summed E-state index contributed by atoms with van der Waals surface area (Å²) >= 11 is 0. The van der Waals surface area contributed by atoms with Gasteiger partial charge in [-0.15, -0.1) is 0 Å². The fourth-order valence-corrected chi connectivity index (χ4v) is 3.20. The SMILES string of the molecule is CN1CCCC1CNC(=O)C1CCC(C(=O)O)CC1. The lowest BCUT2D eigenvalue weighted by Crippen LogP contribution is -2.41. The van der Waals surface area contributed by atoms with E-state index < -0.39 is 5.97 Å². The minimum absolute atomic E-state index is 0.0160. The molecule has 0 aromatic heterocycles. The predicted molar refractivity (Wildman–Crippen MR) is 71.7 cm³/mol. The zero-order valence-corrected chi connectivity index (χ0v) is 11.6. The molecule has 1 amide bonds. The van der Waals surface area contributed by atoms with Crippen LogP contribution in [-0.4, -0.2) is 48.1 Å². The fourth-order valence-electron chi connectivity index (χ4n) is 3.20. The second-order valence-electron chi connectivity index (χ2n) is 5.91. The zero-order valence-electron chi connectivity index (χ0n) is 11.6. The highest BCUT2D eigenvalue weighted by atomic mass is 16.4. The largest absolute Gasteiger partial charge is 0.481 e. The summed E-state index contributed by atoms with van der Waals surface area (Å²) in [6, 6.07) is 0.472. The quantitative estimate of drug-likeness (QED) is 0.800. The Balaban J connectivity index is 1.71. The lowest BCUT2D eigenvalue weighted by atomic mass is 9.81. The van der Waals surface area contributed by atoms with E-state index in [2.05, 4.69) is 17.3 Å².